The first-order valence-corrected chi connectivity index (χ1v) is 5.86. The van der Waals surface area contributed by atoms with Crippen LogP contribution in [0.25, 0.3) is 0 Å². The molecule has 0 amide bonds. The number of hydrogen-bond acceptors (Lipinski definition) is 3. The second kappa shape index (κ2) is 5.14. The lowest BCUT2D eigenvalue weighted by molar-refractivity contribution is -0.189. The molecule has 2 rings (SSSR count). The third kappa shape index (κ3) is 3.60. The molecule has 100 valence electrons. The van der Waals surface area contributed by atoms with Crippen molar-refractivity contribution in [2.75, 3.05) is 0 Å². The topological polar surface area (TPSA) is 34.1 Å². The van der Waals surface area contributed by atoms with E-state index < -0.39 is 12.3 Å². The fourth-order valence-corrected chi connectivity index (χ4v) is 1.46. The van der Waals surface area contributed by atoms with Gasteiger partial charge in [0.25, 0.3) is 0 Å². The van der Waals surface area contributed by atoms with Crippen molar-refractivity contribution in [3.05, 3.63) is 24.0 Å². The fourth-order valence-electron chi connectivity index (χ4n) is 1.46. The van der Waals surface area contributed by atoms with E-state index >= 15 is 0 Å². The van der Waals surface area contributed by atoms with Gasteiger partial charge in [-0.15, -0.1) is 0 Å². The number of rotatable bonds is 5. The van der Waals surface area contributed by atoms with Gasteiger partial charge < -0.3 is 10.1 Å². The average molecular weight is 260 g/mol. The highest BCUT2D eigenvalue weighted by Crippen LogP contribution is 2.27. The molecule has 0 spiro atoms. The molecule has 6 heteroatoms. The van der Waals surface area contributed by atoms with E-state index in [0.29, 0.717) is 18.2 Å². The maximum absolute atomic E-state index is 12.4. The number of nitrogens with one attached hydrogen (secondary N) is 1. The van der Waals surface area contributed by atoms with Gasteiger partial charge in [0, 0.05) is 30.5 Å². The van der Waals surface area contributed by atoms with Gasteiger partial charge in [0.2, 0.25) is 0 Å². The van der Waals surface area contributed by atoms with Crippen molar-refractivity contribution in [3.8, 4) is 5.75 Å². The highest BCUT2D eigenvalue weighted by atomic mass is 19.4. The summed E-state index contributed by atoms with van der Waals surface area (Å²) in [5.74, 6) is 0.239. The van der Waals surface area contributed by atoms with Gasteiger partial charge in [0.15, 0.2) is 6.10 Å². The lowest BCUT2D eigenvalue weighted by Gasteiger charge is -2.19. The summed E-state index contributed by atoms with van der Waals surface area (Å²) in [5.41, 5.74) is 0.653. The average Bonchev–Trinajstić information content (AvgIpc) is 3.10. The number of hydrogen-bond donors (Lipinski definition) is 1. The van der Waals surface area contributed by atoms with E-state index in [1.165, 1.54) is 18.5 Å². The van der Waals surface area contributed by atoms with E-state index in [0.717, 1.165) is 19.8 Å². The molecule has 0 bridgehead atoms. The number of pyridine rings is 1. The van der Waals surface area contributed by atoms with E-state index in [1.54, 1.807) is 0 Å². The lowest BCUT2D eigenvalue weighted by atomic mass is 10.2. The molecule has 1 atom stereocenters. The van der Waals surface area contributed by atoms with Crippen LogP contribution < -0.4 is 10.1 Å². The minimum Gasteiger partial charge on any atom is -0.481 e. The Morgan fingerprint density at radius 2 is 2.22 bits per heavy atom. The summed E-state index contributed by atoms with van der Waals surface area (Å²) < 4.78 is 42.3. The van der Waals surface area contributed by atoms with Crippen LogP contribution in [0.3, 0.4) is 0 Å². The second-order valence-corrected chi connectivity index (χ2v) is 4.44. The predicted octanol–water partition coefficient (Wildman–Crippen LogP) is 2.66. The van der Waals surface area contributed by atoms with Crippen molar-refractivity contribution in [3.63, 3.8) is 0 Å². The molecular weight excluding hydrogens is 245 g/mol. The monoisotopic (exact) mass is 260 g/mol. The van der Waals surface area contributed by atoms with Crippen LogP contribution in [0.15, 0.2) is 18.5 Å². The Kier molecular flexibility index (Phi) is 3.75. The zero-order valence-electron chi connectivity index (χ0n) is 10.00. The van der Waals surface area contributed by atoms with Gasteiger partial charge in [0.05, 0.1) is 0 Å². The van der Waals surface area contributed by atoms with E-state index in [9.17, 15) is 13.2 Å². The molecule has 1 saturated carbocycles. The van der Waals surface area contributed by atoms with Crippen molar-refractivity contribution in [1.29, 1.82) is 0 Å². The Balaban J connectivity index is 2.01. The van der Waals surface area contributed by atoms with E-state index in [2.05, 4.69) is 10.3 Å². The Labute approximate surface area is 103 Å². The molecule has 1 aromatic rings. The molecule has 1 aliphatic rings. The summed E-state index contributed by atoms with van der Waals surface area (Å²) in [6, 6.07) is 1.95. The highest BCUT2D eigenvalue weighted by molar-refractivity contribution is 5.30. The van der Waals surface area contributed by atoms with Crippen molar-refractivity contribution >= 4 is 0 Å². The standard InChI is InChI=1S/C12H15F3N2O/c1-8(12(13,14)15)18-11-4-5-16-6-9(11)7-17-10-2-3-10/h4-6,8,10,17H,2-3,7H2,1H3. The third-order valence-corrected chi connectivity index (χ3v) is 2.78. The number of aromatic nitrogens is 1. The van der Waals surface area contributed by atoms with E-state index in [-0.39, 0.29) is 5.75 Å². The van der Waals surface area contributed by atoms with Crippen LogP contribution in [0, 0.1) is 0 Å². The van der Waals surface area contributed by atoms with Crippen LogP contribution >= 0.6 is 0 Å². The second-order valence-electron chi connectivity index (χ2n) is 4.44. The minimum absolute atomic E-state index is 0.239. The van der Waals surface area contributed by atoms with Gasteiger partial charge in [-0.2, -0.15) is 13.2 Å². The smallest absolute Gasteiger partial charge is 0.425 e. The largest absolute Gasteiger partial charge is 0.481 e. The Morgan fingerprint density at radius 3 is 2.83 bits per heavy atom. The van der Waals surface area contributed by atoms with Gasteiger partial charge in [-0.25, -0.2) is 0 Å². The molecule has 1 fully saturated rings. The summed E-state index contributed by atoms with van der Waals surface area (Å²) in [7, 11) is 0. The molecule has 1 heterocycles. The molecule has 1 aromatic heterocycles. The van der Waals surface area contributed by atoms with E-state index in [4.69, 9.17) is 4.74 Å². The molecule has 1 N–H and O–H groups in total. The van der Waals surface area contributed by atoms with Gasteiger partial charge in [-0.05, 0) is 25.8 Å². The molecule has 0 aromatic carbocycles. The van der Waals surface area contributed by atoms with Crippen molar-refractivity contribution in [2.45, 2.75) is 44.6 Å². The van der Waals surface area contributed by atoms with E-state index in [1.807, 2.05) is 0 Å². The normalized spacial score (nSPS) is 17.6. The molecule has 0 saturated heterocycles. The summed E-state index contributed by atoms with van der Waals surface area (Å²) in [4.78, 5) is 3.91. The number of halogens is 3. The zero-order valence-corrected chi connectivity index (χ0v) is 10.00. The fraction of sp³-hybridized carbons (Fsp3) is 0.583. The number of ether oxygens (including phenoxy) is 1. The van der Waals surface area contributed by atoms with Gasteiger partial charge in [-0.3, -0.25) is 4.98 Å². The molecule has 0 aliphatic heterocycles. The number of alkyl halides is 3. The predicted molar refractivity (Wildman–Crippen MR) is 60.2 cm³/mol. The van der Waals surface area contributed by atoms with Crippen molar-refractivity contribution < 1.29 is 17.9 Å². The first kappa shape index (κ1) is 13.1. The lowest BCUT2D eigenvalue weighted by Crippen LogP contribution is -2.31. The van der Waals surface area contributed by atoms with Gasteiger partial charge in [0.1, 0.15) is 5.75 Å². The SMILES string of the molecule is CC(Oc1ccncc1CNC1CC1)C(F)(F)F. The number of nitrogens with zero attached hydrogens (tertiary/aromatic N) is 1. The first-order valence-electron chi connectivity index (χ1n) is 5.86. The van der Waals surface area contributed by atoms with Crippen molar-refractivity contribution in [1.82, 2.24) is 10.3 Å². The van der Waals surface area contributed by atoms with Crippen LogP contribution in [0.1, 0.15) is 25.3 Å². The zero-order chi connectivity index (χ0) is 13.2. The van der Waals surface area contributed by atoms with Crippen LogP contribution in [-0.2, 0) is 6.54 Å². The maximum Gasteiger partial charge on any atom is 0.425 e. The van der Waals surface area contributed by atoms with Crippen molar-refractivity contribution in [2.24, 2.45) is 0 Å². The van der Waals surface area contributed by atoms with Crippen LogP contribution in [0.4, 0.5) is 13.2 Å². The highest BCUT2D eigenvalue weighted by Gasteiger charge is 2.38. The Morgan fingerprint density at radius 1 is 1.50 bits per heavy atom. The summed E-state index contributed by atoms with van der Waals surface area (Å²) in [6.45, 7) is 1.48. The molecule has 18 heavy (non-hydrogen) atoms. The quantitative estimate of drug-likeness (QED) is 0.883. The van der Waals surface area contributed by atoms with Crippen LogP contribution in [0.5, 0.6) is 5.75 Å². The van der Waals surface area contributed by atoms with Crippen LogP contribution in [0.2, 0.25) is 0 Å². The Bertz CT molecular complexity index is 405. The Hall–Kier alpha value is -1.30. The van der Waals surface area contributed by atoms with Gasteiger partial charge in [-0.1, -0.05) is 0 Å². The first-order chi connectivity index (χ1) is 8.47. The minimum atomic E-state index is -4.36. The summed E-state index contributed by atoms with van der Waals surface area (Å²) in [6.07, 6.45) is -0.970. The summed E-state index contributed by atoms with van der Waals surface area (Å²) >= 11 is 0. The third-order valence-electron chi connectivity index (χ3n) is 2.78. The molecular formula is C12H15F3N2O. The molecule has 0 radical (unpaired) electrons. The molecule has 3 nitrogen and oxygen atoms in total. The summed E-state index contributed by atoms with van der Waals surface area (Å²) in [5, 5.41) is 3.22. The molecule has 1 aliphatic carbocycles. The maximum atomic E-state index is 12.4. The van der Waals surface area contributed by atoms with Crippen LogP contribution in [-0.4, -0.2) is 23.3 Å². The molecule has 1 unspecified atom stereocenters. The van der Waals surface area contributed by atoms with Gasteiger partial charge >= 0.3 is 6.18 Å².